The smallest absolute Gasteiger partial charge is 0.118 e. The van der Waals surface area contributed by atoms with Gasteiger partial charge in [0.2, 0.25) is 0 Å². The molecule has 2 heteroatoms. The van der Waals surface area contributed by atoms with E-state index in [4.69, 9.17) is 4.74 Å². The third-order valence-corrected chi connectivity index (χ3v) is 8.43. The van der Waals surface area contributed by atoms with Crippen LogP contribution in [-0.4, -0.2) is 7.11 Å². The van der Waals surface area contributed by atoms with Gasteiger partial charge in [0, 0.05) is 23.4 Å². The Bertz CT molecular complexity index is 1500. The van der Waals surface area contributed by atoms with Crippen LogP contribution in [0.3, 0.4) is 0 Å². The lowest BCUT2D eigenvalue weighted by molar-refractivity contribution is 0.410. The van der Waals surface area contributed by atoms with Crippen LogP contribution in [0, 0.1) is 0 Å². The molecule has 180 valence electrons. The molecule has 1 spiro atoms. The highest BCUT2D eigenvalue weighted by Gasteiger charge is 2.61. The van der Waals surface area contributed by atoms with E-state index in [0.29, 0.717) is 0 Å². The predicted octanol–water partition coefficient (Wildman–Crippen LogP) is 7.83. The Balaban J connectivity index is 1.58. The lowest BCUT2D eigenvalue weighted by Crippen LogP contribution is -2.36. The number of benzene rings is 5. The van der Waals surface area contributed by atoms with E-state index in [0.717, 1.165) is 5.75 Å². The minimum Gasteiger partial charge on any atom is -0.497 e. The molecule has 5 aromatic carbocycles. The third kappa shape index (κ3) is 3.22. The Kier molecular flexibility index (Phi) is 5.23. The lowest BCUT2D eigenvalue weighted by Gasteiger charge is -2.40. The first-order chi connectivity index (χ1) is 18.3. The summed E-state index contributed by atoms with van der Waals surface area (Å²) in [6.07, 6.45) is 0. The number of fused-ring (bicyclic) bond motifs is 5. The van der Waals surface area contributed by atoms with Crippen LogP contribution in [0.5, 0.6) is 5.75 Å². The summed E-state index contributed by atoms with van der Waals surface area (Å²) in [4.78, 5) is 0. The summed E-state index contributed by atoms with van der Waals surface area (Å²) in [5.41, 5.74) is 9.12. The molecule has 0 unspecified atom stereocenters. The molecule has 0 bridgehead atoms. The molecule has 1 aliphatic carbocycles. The quantitative estimate of drug-likeness (QED) is 0.284. The topological polar surface area (TPSA) is 21.3 Å². The van der Waals surface area contributed by atoms with Crippen LogP contribution in [0.25, 0.3) is 11.1 Å². The molecule has 2 aliphatic rings. The molecule has 37 heavy (non-hydrogen) atoms. The van der Waals surface area contributed by atoms with Gasteiger partial charge >= 0.3 is 0 Å². The first kappa shape index (κ1) is 22.1. The second-order valence-electron chi connectivity index (χ2n) is 10.1. The zero-order valence-electron chi connectivity index (χ0n) is 20.8. The van der Waals surface area contributed by atoms with Crippen molar-refractivity contribution >= 4 is 0 Å². The summed E-state index contributed by atoms with van der Waals surface area (Å²) in [5.74, 6) is 1.04. The number of hydrogen-bond donors (Lipinski definition) is 1. The van der Waals surface area contributed by atoms with Crippen LogP contribution >= 0.6 is 0 Å². The summed E-state index contributed by atoms with van der Waals surface area (Å²) in [6.45, 7) is 0. The molecule has 1 aliphatic heterocycles. The van der Waals surface area contributed by atoms with E-state index < -0.39 is 0 Å². The first-order valence-electron chi connectivity index (χ1n) is 13.0. The molecule has 0 radical (unpaired) electrons. The van der Waals surface area contributed by atoms with Crippen molar-refractivity contribution in [3.05, 3.63) is 161 Å². The van der Waals surface area contributed by atoms with E-state index in [1.54, 1.807) is 7.11 Å². The average Bonchev–Trinajstić information content (AvgIpc) is 3.49. The maximum atomic E-state index is 5.55. The molecule has 1 saturated heterocycles. The molecule has 5 aromatic rings. The van der Waals surface area contributed by atoms with Gasteiger partial charge in [0.15, 0.2) is 0 Å². The minimum absolute atomic E-state index is 0.0933. The molecular weight excluding hydrogens is 450 g/mol. The van der Waals surface area contributed by atoms with E-state index in [1.165, 1.54) is 38.9 Å². The zero-order valence-corrected chi connectivity index (χ0v) is 20.8. The molecular formula is C35H29NO. The van der Waals surface area contributed by atoms with Crippen molar-refractivity contribution in [2.75, 3.05) is 7.11 Å². The Morgan fingerprint density at radius 2 is 1.05 bits per heavy atom. The number of rotatable bonds is 4. The Morgan fingerprint density at radius 3 is 1.62 bits per heavy atom. The third-order valence-electron chi connectivity index (χ3n) is 8.43. The van der Waals surface area contributed by atoms with Crippen LogP contribution in [0.4, 0.5) is 0 Å². The summed E-state index contributed by atoms with van der Waals surface area (Å²) in [5, 5.41) is 4.18. The van der Waals surface area contributed by atoms with Gasteiger partial charge in [-0.1, -0.05) is 121 Å². The van der Waals surface area contributed by atoms with Crippen molar-refractivity contribution in [2.45, 2.75) is 23.4 Å². The summed E-state index contributed by atoms with van der Waals surface area (Å²) in [6, 6.07) is 49.0. The number of nitrogens with one attached hydrogen (secondary N) is 1. The highest BCUT2D eigenvalue weighted by Crippen LogP contribution is 2.67. The fourth-order valence-corrected chi connectivity index (χ4v) is 7.02. The molecule has 1 heterocycles. The van der Waals surface area contributed by atoms with E-state index >= 15 is 0 Å². The van der Waals surface area contributed by atoms with Gasteiger partial charge in [-0.15, -0.1) is 0 Å². The molecule has 2 nitrogen and oxygen atoms in total. The van der Waals surface area contributed by atoms with Gasteiger partial charge in [-0.05, 0) is 51.1 Å². The zero-order chi connectivity index (χ0) is 24.8. The van der Waals surface area contributed by atoms with Crippen molar-refractivity contribution < 1.29 is 4.74 Å². The van der Waals surface area contributed by atoms with Crippen molar-refractivity contribution in [1.82, 2.24) is 5.32 Å². The van der Waals surface area contributed by atoms with Gasteiger partial charge in [0.25, 0.3) is 0 Å². The van der Waals surface area contributed by atoms with Gasteiger partial charge in [-0.25, -0.2) is 0 Å². The number of methoxy groups -OCH3 is 1. The van der Waals surface area contributed by atoms with Crippen LogP contribution in [0.1, 0.15) is 45.8 Å². The van der Waals surface area contributed by atoms with E-state index in [2.05, 4.69) is 139 Å². The standard InChI is InChI=1S/C35H29NO/c1-37-27-22-20-24(21-23-27)32-33(25-12-4-2-5-13-25)36-34(26-14-6-3-7-15-26)35(32)30-18-10-8-16-28(30)29-17-9-11-19-31(29)35/h2-23,32-34,36H,1H3/t32-,33+,34+/m0/s1. The van der Waals surface area contributed by atoms with Crippen LogP contribution in [0.2, 0.25) is 0 Å². The van der Waals surface area contributed by atoms with Gasteiger partial charge in [0.05, 0.1) is 7.11 Å². The maximum absolute atomic E-state index is 5.55. The highest BCUT2D eigenvalue weighted by atomic mass is 16.5. The van der Waals surface area contributed by atoms with Gasteiger partial charge in [-0.3, -0.25) is 0 Å². The monoisotopic (exact) mass is 479 g/mol. The SMILES string of the molecule is COc1ccc([C@H]2[C@@H](c3ccccc3)N[C@H](c3ccccc3)C23c2ccccc2-c2ccccc23)cc1. The second kappa shape index (κ2) is 8.76. The summed E-state index contributed by atoms with van der Waals surface area (Å²) < 4.78 is 5.55. The number of ether oxygens (including phenoxy) is 1. The Labute approximate surface area is 218 Å². The molecule has 7 rings (SSSR count). The normalized spacial score (nSPS) is 20.9. The molecule has 1 N–H and O–H groups in total. The molecule has 0 saturated carbocycles. The molecule has 3 atom stereocenters. The minimum atomic E-state index is -0.288. The Hall–Kier alpha value is -4.14. The summed E-state index contributed by atoms with van der Waals surface area (Å²) >= 11 is 0. The van der Waals surface area contributed by atoms with Crippen LogP contribution in [0.15, 0.2) is 133 Å². The second-order valence-corrected chi connectivity index (χ2v) is 10.1. The fraction of sp³-hybridized carbons (Fsp3) is 0.143. The van der Waals surface area contributed by atoms with Gasteiger partial charge < -0.3 is 10.1 Å². The lowest BCUT2D eigenvalue weighted by atomic mass is 9.61. The maximum Gasteiger partial charge on any atom is 0.118 e. The first-order valence-corrected chi connectivity index (χ1v) is 13.0. The molecule has 0 amide bonds. The van der Waals surface area contributed by atoms with Gasteiger partial charge in [0.1, 0.15) is 5.75 Å². The van der Waals surface area contributed by atoms with Crippen molar-refractivity contribution in [2.24, 2.45) is 0 Å². The van der Waals surface area contributed by atoms with E-state index in [-0.39, 0.29) is 23.4 Å². The van der Waals surface area contributed by atoms with Crippen LogP contribution in [-0.2, 0) is 5.41 Å². The predicted molar refractivity (Wildman–Crippen MR) is 150 cm³/mol. The van der Waals surface area contributed by atoms with Gasteiger partial charge in [-0.2, -0.15) is 0 Å². The van der Waals surface area contributed by atoms with Crippen molar-refractivity contribution in [3.63, 3.8) is 0 Å². The van der Waals surface area contributed by atoms with Crippen molar-refractivity contribution in [1.29, 1.82) is 0 Å². The fourth-order valence-electron chi connectivity index (χ4n) is 7.02. The molecule has 0 aromatic heterocycles. The number of hydrogen-bond acceptors (Lipinski definition) is 2. The molecule has 1 fully saturated rings. The van der Waals surface area contributed by atoms with E-state index in [1.807, 2.05) is 0 Å². The Morgan fingerprint density at radius 1 is 0.541 bits per heavy atom. The highest BCUT2D eigenvalue weighted by molar-refractivity contribution is 5.83. The summed E-state index contributed by atoms with van der Waals surface area (Å²) in [7, 11) is 1.73. The largest absolute Gasteiger partial charge is 0.497 e. The van der Waals surface area contributed by atoms with Crippen LogP contribution < -0.4 is 10.1 Å². The average molecular weight is 480 g/mol. The van der Waals surface area contributed by atoms with E-state index in [9.17, 15) is 0 Å². The van der Waals surface area contributed by atoms with Crippen molar-refractivity contribution in [3.8, 4) is 16.9 Å².